The fourth-order valence-electron chi connectivity index (χ4n) is 2.07. The van der Waals surface area contributed by atoms with Crippen LogP contribution in [-0.2, 0) is 11.8 Å². The Morgan fingerprint density at radius 2 is 1.75 bits per heavy atom. The van der Waals surface area contributed by atoms with Crippen LogP contribution < -0.4 is 0 Å². The number of carboxylic acid groups (broad SMARTS) is 1. The van der Waals surface area contributed by atoms with Crippen molar-refractivity contribution in [1.29, 1.82) is 0 Å². The van der Waals surface area contributed by atoms with E-state index in [2.05, 4.69) is 0 Å². The summed E-state index contributed by atoms with van der Waals surface area (Å²) in [5.41, 5.74) is 1.57. The molecule has 0 bridgehead atoms. The van der Waals surface area contributed by atoms with E-state index in [0.29, 0.717) is 22.0 Å². The van der Waals surface area contributed by atoms with Crippen molar-refractivity contribution in [3.8, 4) is 0 Å². The third kappa shape index (κ3) is 2.60. The van der Waals surface area contributed by atoms with Crippen LogP contribution in [0.2, 0.25) is 5.02 Å². The zero-order valence-electron chi connectivity index (χ0n) is 11.1. The highest BCUT2D eigenvalue weighted by molar-refractivity contribution is 6.30. The minimum atomic E-state index is -0.920. The van der Waals surface area contributed by atoms with Gasteiger partial charge in [0.2, 0.25) is 5.78 Å². The van der Waals surface area contributed by atoms with Crippen molar-refractivity contribution in [2.24, 2.45) is 7.05 Å². The first-order valence-corrected chi connectivity index (χ1v) is 6.48. The predicted octanol–water partition coefficient (Wildman–Crippen LogP) is 3.10. The fraction of sp³-hybridized carbons (Fsp3) is 0.200. The molecule has 1 heterocycles. The maximum absolute atomic E-state index is 12.4. The van der Waals surface area contributed by atoms with Crippen LogP contribution in [0.4, 0.5) is 0 Å². The third-order valence-electron chi connectivity index (χ3n) is 3.31. The molecule has 0 aliphatic carbocycles. The van der Waals surface area contributed by atoms with Crippen molar-refractivity contribution in [3.05, 3.63) is 58.4 Å². The molecule has 1 aromatic heterocycles. The average molecular weight is 292 g/mol. The maximum atomic E-state index is 12.4. The summed E-state index contributed by atoms with van der Waals surface area (Å²) in [6.07, 6.45) is 0. The topological polar surface area (TPSA) is 59.3 Å². The molecule has 0 radical (unpaired) electrons. The van der Waals surface area contributed by atoms with Crippen LogP contribution >= 0.6 is 11.6 Å². The first-order valence-electron chi connectivity index (χ1n) is 6.10. The monoisotopic (exact) mass is 291 g/mol. The van der Waals surface area contributed by atoms with E-state index in [4.69, 9.17) is 16.7 Å². The molecular weight excluding hydrogens is 278 g/mol. The Hall–Kier alpha value is -2.07. The lowest BCUT2D eigenvalue weighted by molar-refractivity contribution is -0.138. The Balaban J connectivity index is 2.37. The number of rotatable bonds is 4. The number of carbonyl (C=O) groups excluding carboxylic acids is 1. The molecule has 1 aromatic carbocycles. The number of hydrogen-bond donors (Lipinski definition) is 1. The van der Waals surface area contributed by atoms with Crippen molar-refractivity contribution < 1.29 is 14.7 Å². The summed E-state index contributed by atoms with van der Waals surface area (Å²) in [4.78, 5) is 23.4. The summed E-state index contributed by atoms with van der Waals surface area (Å²) >= 11 is 5.79. The Morgan fingerprint density at radius 1 is 1.15 bits per heavy atom. The van der Waals surface area contributed by atoms with Gasteiger partial charge in [-0.3, -0.25) is 9.59 Å². The van der Waals surface area contributed by atoms with Crippen LogP contribution in [0, 0.1) is 0 Å². The number of hydrogen-bond acceptors (Lipinski definition) is 2. The molecule has 0 saturated carbocycles. The third-order valence-corrected chi connectivity index (χ3v) is 3.57. The maximum Gasteiger partial charge on any atom is 0.312 e. The smallest absolute Gasteiger partial charge is 0.312 e. The van der Waals surface area contributed by atoms with Gasteiger partial charge in [0.05, 0.1) is 11.6 Å². The molecule has 0 saturated heterocycles. The number of carbonyl (C=O) groups is 2. The summed E-state index contributed by atoms with van der Waals surface area (Å²) < 4.78 is 1.62. The molecule has 104 valence electrons. The van der Waals surface area contributed by atoms with Gasteiger partial charge in [-0.2, -0.15) is 0 Å². The standard InChI is InChI=1S/C15H14ClNO3/c1-9(15(19)20)12-7-8-13(17(12)2)14(18)10-3-5-11(16)6-4-10/h3-9H,1-2H3,(H,19,20). The van der Waals surface area contributed by atoms with E-state index >= 15 is 0 Å². The summed E-state index contributed by atoms with van der Waals surface area (Å²) in [6, 6.07) is 9.92. The molecule has 0 spiro atoms. The molecule has 1 atom stereocenters. The zero-order valence-corrected chi connectivity index (χ0v) is 11.9. The van der Waals surface area contributed by atoms with E-state index < -0.39 is 11.9 Å². The Kier molecular flexibility index (Phi) is 3.95. The molecule has 5 heteroatoms. The van der Waals surface area contributed by atoms with E-state index in [-0.39, 0.29) is 5.78 Å². The summed E-state index contributed by atoms with van der Waals surface area (Å²) in [7, 11) is 1.69. The number of ketones is 1. The summed E-state index contributed by atoms with van der Waals surface area (Å²) in [6.45, 7) is 1.59. The average Bonchev–Trinajstić information content (AvgIpc) is 2.79. The molecule has 0 fully saturated rings. The number of aliphatic carboxylic acids is 1. The molecule has 20 heavy (non-hydrogen) atoms. The van der Waals surface area contributed by atoms with Gasteiger partial charge in [-0.15, -0.1) is 0 Å². The van der Waals surface area contributed by atoms with Gasteiger partial charge in [0.1, 0.15) is 0 Å². The lowest BCUT2D eigenvalue weighted by Gasteiger charge is -2.10. The van der Waals surface area contributed by atoms with E-state index in [0.717, 1.165) is 0 Å². The number of benzene rings is 1. The number of carboxylic acids is 1. The van der Waals surface area contributed by atoms with Gasteiger partial charge in [-0.1, -0.05) is 11.6 Å². The van der Waals surface area contributed by atoms with Gasteiger partial charge >= 0.3 is 5.97 Å². The quantitative estimate of drug-likeness (QED) is 0.881. The number of nitrogens with zero attached hydrogens (tertiary/aromatic N) is 1. The second-order valence-electron chi connectivity index (χ2n) is 4.60. The molecule has 1 unspecified atom stereocenters. The zero-order chi connectivity index (χ0) is 14.9. The second-order valence-corrected chi connectivity index (χ2v) is 5.03. The summed E-state index contributed by atoms with van der Waals surface area (Å²) in [5.74, 6) is -1.74. The summed E-state index contributed by atoms with van der Waals surface area (Å²) in [5, 5.41) is 9.61. The van der Waals surface area contributed by atoms with Gasteiger partial charge in [-0.25, -0.2) is 0 Å². The van der Waals surface area contributed by atoms with Crippen LogP contribution in [-0.4, -0.2) is 21.4 Å². The molecule has 0 aliphatic rings. The molecule has 2 rings (SSSR count). The van der Waals surface area contributed by atoms with Gasteiger partial charge in [-0.05, 0) is 43.3 Å². The number of aromatic nitrogens is 1. The van der Waals surface area contributed by atoms with E-state index in [9.17, 15) is 9.59 Å². The molecule has 4 nitrogen and oxygen atoms in total. The number of halogens is 1. The van der Waals surface area contributed by atoms with Crippen molar-refractivity contribution in [1.82, 2.24) is 4.57 Å². The Labute approximate surface area is 121 Å². The Bertz CT molecular complexity index is 658. The second kappa shape index (κ2) is 5.51. The van der Waals surface area contributed by atoms with Crippen molar-refractivity contribution in [2.75, 3.05) is 0 Å². The van der Waals surface area contributed by atoms with Gasteiger partial charge < -0.3 is 9.67 Å². The van der Waals surface area contributed by atoms with Crippen molar-refractivity contribution in [3.63, 3.8) is 0 Å². The van der Waals surface area contributed by atoms with E-state index in [1.54, 1.807) is 54.9 Å². The van der Waals surface area contributed by atoms with Crippen molar-refractivity contribution >= 4 is 23.4 Å². The largest absolute Gasteiger partial charge is 0.481 e. The molecule has 2 aromatic rings. The van der Waals surface area contributed by atoms with Gasteiger partial charge in [0.15, 0.2) is 0 Å². The lowest BCUT2D eigenvalue weighted by Crippen LogP contribution is -2.14. The molecule has 0 amide bonds. The molecule has 1 N–H and O–H groups in total. The first-order chi connectivity index (χ1) is 9.41. The van der Waals surface area contributed by atoms with E-state index in [1.807, 2.05) is 0 Å². The van der Waals surface area contributed by atoms with Crippen molar-refractivity contribution in [2.45, 2.75) is 12.8 Å². The van der Waals surface area contributed by atoms with Gasteiger partial charge in [0, 0.05) is 23.3 Å². The van der Waals surface area contributed by atoms with Crippen LogP contribution in [0.3, 0.4) is 0 Å². The predicted molar refractivity (Wildman–Crippen MR) is 76.3 cm³/mol. The highest BCUT2D eigenvalue weighted by Crippen LogP contribution is 2.21. The van der Waals surface area contributed by atoms with Crippen LogP contribution in [0.15, 0.2) is 36.4 Å². The van der Waals surface area contributed by atoms with Gasteiger partial charge in [0.25, 0.3) is 0 Å². The fourth-order valence-corrected chi connectivity index (χ4v) is 2.19. The van der Waals surface area contributed by atoms with Crippen LogP contribution in [0.1, 0.15) is 34.6 Å². The highest BCUT2D eigenvalue weighted by atomic mass is 35.5. The van der Waals surface area contributed by atoms with Crippen LogP contribution in [0.25, 0.3) is 0 Å². The van der Waals surface area contributed by atoms with Crippen LogP contribution in [0.5, 0.6) is 0 Å². The minimum Gasteiger partial charge on any atom is -0.481 e. The minimum absolute atomic E-state index is 0.159. The lowest BCUT2D eigenvalue weighted by atomic mass is 10.1. The molecular formula is C15H14ClNO3. The normalized spacial score (nSPS) is 12.2. The van der Waals surface area contributed by atoms with E-state index in [1.165, 1.54) is 0 Å². The Morgan fingerprint density at radius 3 is 2.30 bits per heavy atom. The molecule has 0 aliphatic heterocycles. The highest BCUT2D eigenvalue weighted by Gasteiger charge is 2.21. The first kappa shape index (κ1) is 14.3. The SMILES string of the molecule is CC(C(=O)O)c1ccc(C(=O)c2ccc(Cl)cc2)n1C.